The largest absolute Gasteiger partial charge is 0.466 e. The maximum absolute atomic E-state index is 12.1. The first-order chi connectivity index (χ1) is 14.4. The maximum atomic E-state index is 12.1. The number of esters is 1. The highest BCUT2D eigenvalue weighted by Crippen LogP contribution is 2.68. The van der Waals surface area contributed by atoms with E-state index in [1.165, 1.54) is 64.2 Å². The van der Waals surface area contributed by atoms with E-state index >= 15 is 0 Å². The summed E-state index contributed by atoms with van der Waals surface area (Å²) in [6.45, 7) is 10.5. The molecular formula is C28H48O2. The molecule has 0 aliphatic heterocycles. The van der Waals surface area contributed by atoms with Gasteiger partial charge in [-0.25, -0.2) is 0 Å². The van der Waals surface area contributed by atoms with Crippen LogP contribution in [0.5, 0.6) is 0 Å². The monoisotopic (exact) mass is 416 g/mol. The Morgan fingerprint density at radius 3 is 2.57 bits per heavy atom. The molecule has 4 aliphatic carbocycles. The number of rotatable bonds is 7. The summed E-state index contributed by atoms with van der Waals surface area (Å²) < 4.78 is 5.42. The molecular weight excluding hydrogens is 368 g/mol. The van der Waals surface area contributed by atoms with Gasteiger partial charge < -0.3 is 4.74 Å². The van der Waals surface area contributed by atoms with E-state index in [-0.39, 0.29) is 5.97 Å². The minimum atomic E-state index is 0.0299. The fraction of sp³-hybridized carbons (Fsp3) is 0.964. The zero-order valence-electron chi connectivity index (χ0n) is 20.4. The van der Waals surface area contributed by atoms with E-state index in [1.807, 2.05) is 0 Å². The van der Waals surface area contributed by atoms with E-state index in [0.29, 0.717) is 29.8 Å². The van der Waals surface area contributed by atoms with Gasteiger partial charge in [0.2, 0.25) is 0 Å². The van der Waals surface area contributed by atoms with Crippen LogP contribution in [0.3, 0.4) is 0 Å². The summed E-state index contributed by atoms with van der Waals surface area (Å²) in [7, 11) is 0. The molecule has 0 radical (unpaired) electrons. The van der Waals surface area contributed by atoms with E-state index < -0.39 is 0 Å². The summed E-state index contributed by atoms with van der Waals surface area (Å²) in [5, 5.41) is 0. The van der Waals surface area contributed by atoms with Crippen LogP contribution in [0.1, 0.15) is 118 Å². The molecule has 2 heteroatoms. The molecule has 2 nitrogen and oxygen atoms in total. The number of hydrogen-bond donors (Lipinski definition) is 0. The quantitative estimate of drug-likeness (QED) is 0.312. The van der Waals surface area contributed by atoms with Crippen molar-refractivity contribution < 1.29 is 9.53 Å². The van der Waals surface area contributed by atoms with Crippen LogP contribution in [-0.2, 0) is 9.53 Å². The second kappa shape index (κ2) is 9.14. The maximum Gasteiger partial charge on any atom is 0.305 e. The van der Waals surface area contributed by atoms with Crippen molar-refractivity contribution in [1.29, 1.82) is 0 Å². The highest BCUT2D eigenvalue weighted by Gasteiger charge is 2.60. The number of fused-ring (bicyclic) bond motifs is 5. The minimum absolute atomic E-state index is 0.0299. The fourth-order valence-corrected chi connectivity index (χ4v) is 9.22. The zero-order valence-corrected chi connectivity index (χ0v) is 20.4. The third-order valence-corrected chi connectivity index (χ3v) is 10.9. The van der Waals surface area contributed by atoms with Crippen molar-refractivity contribution in [3.05, 3.63) is 0 Å². The average molecular weight is 417 g/mol. The lowest BCUT2D eigenvalue weighted by Crippen LogP contribution is -2.53. The topological polar surface area (TPSA) is 26.3 Å². The van der Waals surface area contributed by atoms with Gasteiger partial charge in [-0.05, 0) is 111 Å². The standard InChI is InChI=1S/C28H48O2/c1-5-6-19-30-26(29)15-10-20(2)23-13-14-24-22-12-11-21-9-7-8-17-27(21,3)25(22)16-18-28(23,24)4/h20-25H,5-19H2,1-4H3/t20-,21+,22+,23-,24+,25+,27+,28-/m1/s1. The number of carbonyl (C=O) groups is 1. The molecule has 4 fully saturated rings. The van der Waals surface area contributed by atoms with Crippen molar-refractivity contribution in [3.8, 4) is 0 Å². The normalized spacial score (nSPS) is 43.9. The predicted molar refractivity (Wildman–Crippen MR) is 124 cm³/mol. The van der Waals surface area contributed by atoms with Crippen LogP contribution >= 0.6 is 0 Å². The van der Waals surface area contributed by atoms with Crippen LogP contribution in [-0.4, -0.2) is 12.6 Å². The Morgan fingerprint density at radius 1 is 0.967 bits per heavy atom. The molecule has 0 aromatic carbocycles. The molecule has 30 heavy (non-hydrogen) atoms. The molecule has 0 bridgehead atoms. The Labute approximate surface area is 186 Å². The Balaban J connectivity index is 1.38. The Hall–Kier alpha value is -0.530. The Kier molecular flexibility index (Phi) is 6.91. The molecule has 0 saturated heterocycles. The second-order valence-corrected chi connectivity index (χ2v) is 12.2. The van der Waals surface area contributed by atoms with Crippen molar-refractivity contribution in [2.45, 2.75) is 118 Å². The molecule has 0 aromatic heterocycles. The van der Waals surface area contributed by atoms with Gasteiger partial charge in [-0.3, -0.25) is 4.79 Å². The first-order valence-corrected chi connectivity index (χ1v) is 13.6. The third kappa shape index (κ3) is 3.99. The first kappa shape index (κ1) is 22.7. The molecule has 0 heterocycles. The van der Waals surface area contributed by atoms with E-state index in [9.17, 15) is 4.79 Å². The van der Waals surface area contributed by atoms with Gasteiger partial charge in [0, 0.05) is 6.42 Å². The van der Waals surface area contributed by atoms with Gasteiger partial charge in [-0.1, -0.05) is 47.0 Å². The van der Waals surface area contributed by atoms with Crippen molar-refractivity contribution in [1.82, 2.24) is 0 Å². The molecule has 0 N–H and O–H groups in total. The molecule has 0 unspecified atom stereocenters. The van der Waals surface area contributed by atoms with Gasteiger partial charge >= 0.3 is 5.97 Å². The van der Waals surface area contributed by atoms with Gasteiger partial charge in [-0.15, -0.1) is 0 Å². The lowest BCUT2D eigenvalue weighted by molar-refractivity contribution is -0.144. The Morgan fingerprint density at radius 2 is 1.77 bits per heavy atom. The molecule has 4 saturated carbocycles. The smallest absolute Gasteiger partial charge is 0.305 e. The van der Waals surface area contributed by atoms with E-state index in [1.54, 1.807) is 0 Å². The number of carbonyl (C=O) groups excluding carboxylic acids is 1. The van der Waals surface area contributed by atoms with Crippen LogP contribution in [0, 0.1) is 46.3 Å². The van der Waals surface area contributed by atoms with Gasteiger partial charge in [-0.2, -0.15) is 0 Å². The van der Waals surface area contributed by atoms with Crippen molar-refractivity contribution >= 4 is 5.97 Å². The molecule has 4 rings (SSSR count). The molecule has 4 aliphatic rings. The predicted octanol–water partition coefficient (Wildman–Crippen LogP) is 7.80. The highest BCUT2D eigenvalue weighted by atomic mass is 16.5. The number of unbranched alkanes of at least 4 members (excludes halogenated alkanes) is 1. The molecule has 0 amide bonds. The van der Waals surface area contributed by atoms with Crippen LogP contribution in [0.2, 0.25) is 0 Å². The van der Waals surface area contributed by atoms with Crippen LogP contribution < -0.4 is 0 Å². The average Bonchev–Trinajstić information content (AvgIpc) is 3.09. The fourth-order valence-electron chi connectivity index (χ4n) is 9.22. The first-order valence-electron chi connectivity index (χ1n) is 13.6. The number of hydrogen-bond acceptors (Lipinski definition) is 2. The molecule has 8 atom stereocenters. The SMILES string of the molecule is CCCCOC(=O)CC[C@@H](C)[C@H]1CC[C@H]2[C@@H]3CC[C@@H]4CCCC[C@]4(C)[C@H]3CC[C@]12C. The van der Waals surface area contributed by atoms with Crippen LogP contribution in [0.25, 0.3) is 0 Å². The number of ether oxygens (including phenoxy) is 1. The van der Waals surface area contributed by atoms with Crippen molar-refractivity contribution in [2.24, 2.45) is 46.3 Å². The highest BCUT2D eigenvalue weighted by molar-refractivity contribution is 5.69. The summed E-state index contributed by atoms with van der Waals surface area (Å²) in [5.74, 6) is 5.44. The summed E-state index contributed by atoms with van der Waals surface area (Å²) >= 11 is 0. The summed E-state index contributed by atoms with van der Waals surface area (Å²) in [5.41, 5.74) is 1.17. The van der Waals surface area contributed by atoms with E-state index in [2.05, 4.69) is 27.7 Å². The van der Waals surface area contributed by atoms with Gasteiger partial charge in [0.1, 0.15) is 0 Å². The van der Waals surface area contributed by atoms with Crippen LogP contribution in [0.15, 0.2) is 0 Å². The summed E-state index contributed by atoms with van der Waals surface area (Å²) in [6.07, 6.45) is 18.5. The second-order valence-electron chi connectivity index (χ2n) is 12.2. The summed E-state index contributed by atoms with van der Waals surface area (Å²) in [6, 6.07) is 0. The van der Waals surface area contributed by atoms with Gasteiger partial charge in [0.15, 0.2) is 0 Å². The van der Waals surface area contributed by atoms with E-state index in [0.717, 1.165) is 48.9 Å². The third-order valence-electron chi connectivity index (χ3n) is 10.9. The Bertz CT molecular complexity index is 599. The molecule has 172 valence electrons. The zero-order chi connectivity index (χ0) is 21.4. The molecule has 0 spiro atoms. The molecule has 0 aromatic rings. The minimum Gasteiger partial charge on any atom is -0.466 e. The van der Waals surface area contributed by atoms with Gasteiger partial charge in [0.05, 0.1) is 6.61 Å². The lowest BCUT2D eigenvalue weighted by Gasteiger charge is -2.61. The van der Waals surface area contributed by atoms with Crippen LogP contribution in [0.4, 0.5) is 0 Å². The van der Waals surface area contributed by atoms with Crippen molar-refractivity contribution in [2.75, 3.05) is 6.61 Å². The lowest BCUT2D eigenvalue weighted by atomic mass is 9.44. The van der Waals surface area contributed by atoms with E-state index in [4.69, 9.17) is 4.74 Å². The summed E-state index contributed by atoms with van der Waals surface area (Å²) in [4.78, 5) is 12.1. The van der Waals surface area contributed by atoms with Crippen molar-refractivity contribution in [3.63, 3.8) is 0 Å². The van der Waals surface area contributed by atoms with Gasteiger partial charge in [0.25, 0.3) is 0 Å².